The lowest BCUT2D eigenvalue weighted by Crippen LogP contribution is -2.26. The van der Waals surface area contributed by atoms with Crippen molar-refractivity contribution in [1.29, 1.82) is 0 Å². The molecular formula is C11H17F3O3S. The zero-order valence-electron chi connectivity index (χ0n) is 10.4. The average molecular weight is 286 g/mol. The van der Waals surface area contributed by atoms with Gasteiger partial charge < -0.3 is 4.18 Å². The van der Waals surface area contributed by atoms with E-state index in [4.69, 9.17) is 0 Å². The summed E-state index contributed by atoms with van der Waals surface area (Å²) in [6.07, 6.45) is 3.54. The highest BCUT2D eigenvalue weighted by Gasteiger charge is 2.49. The van der Waals surface area contributed by atoms with Crippen molar-refractivity contribution < 1.29 is 25.8 Å². The summed E-state index contributed by atoms with van der Waals surface area (Å²) < 4.78 is 62.5. The highest BCUT2D eigenvalue weighted by molar-refractivity contribution is 7.87. The number of alkyl halides is 3. The van der Waals surface area contributed by atoms with Crippen LogP contribution in [0.5, 0.6) is 0 Å². The van der Waals surface area contributed by atoms with Gasteiger partial charge in [0.05, 0.1) is 0 Å². The van der Waals surface area contributed by atoms with Crippen LogP contribution in [0.4, 0.5) is 13.2 Å². The predicted molar refractivity (Wildman–Crippen MR) is 61.0 cm³/mol. The first-order chi connectivity index (χ1) is 8.17. The van der Waals surface area contributed by atoms with Crippen LogP contribution < -0.4 is 0 Å². The average Bonchev–Trinajstić information content (AvgIpc) is 2.21. The van der Waals surface area contributed by atoms with Crippen LogP contribution in [0, 0.1) is 5.92 Å². The highest BCUT2D eigenvalue weighted by atomic mass is 32.2. The summed E-state index contributed by atoms with van der Waals surface area (Å²) in [4.78, 5) is 0. The van der Waals surface area contributed by atoms with Gasteiger partial charge in [-0.25, -0.2) is 0 Å². The molecule has 0 aliphatic heterocycles. The maximum absolute atomic E-state index is 12.2. The Morgan fingerprint density at radius 3 is 2.44 bits per heavy atom. The fourth-order valence-corrected chi connectivity index (χ4v) is 2.73. The predicted octanol–water partition coefficient (Wildman–Crippen LogP) is 3.73. The first-order valence-corrected chi connectivity index (χ1v) is 7.27. The van der Waals surface area contributed by atoms with Crippen LogP contribution in [0.15, 0.2) is 11.3 Å². The molecule has 0 heterocycles. The van der Waals surface area contributed by atoms with E-state index < -0.39 is 15.6 Å². The van der Waals surface area contributed by atoms with Crippen molar-refractivity contribution in [3.8, 4) is 0 Å². The molecule has 7 heteroatoms. The molecular weight excluding hydrogens is 269 g/mol. The molecule has 1 rings (SSSR count). The second kappa shape index (κ2) is 5.50. The molecule has 0 bridgehead atoms. The van der Waals surface area contributed by atoms with Gasteiger partial charge in [-0.1, -0.05) is 19.8 Å². The molecule has 0 N–H and O–H groups in total. The van der Waals surface area contributed by atoms with E-state index in [0.717, 1.165) is 12.8 Å². The first-order valence-electron chi connectivity index (χ1n) is 5.86. The van der Waals surface area contributed by atoms with Crippen molar-refractivity contribution in [2.75, 3.05) is 0 Å². The summed E-state index contributed by atoms with van der Waals surface area (Å²) in [6.45, 7) is 3.67. The van der Waals surface area contributed by atoms with Crippen molar-refractivity contribution in [1.82, 2.24) is 0 Å². The zero-order chi connectivity index (χ0) is 14.0. The molecule has 106 valence electrons. The van der Waals surface area contributed by atoms with Crippen LogP contribution in [-0.2, 0) is 14.3 Å². The lowest BCUT2D eigenvalue weighted by Gasteiger charge is -2.25. The van der Waals surface area contributed by atoms with Crippen LogP contribution >= 0.6 is 0 Å². The summed E-state index contributed by atoms with van der Waals surface area (Å²) >= 11 is 0. The smallest absolute Gasteiger partial charge is 0.381 e. The Hall–Kier alpha value is -0.720. The van der Waals surface area contributed by atoms with Gasteiger partial charge in [0, 0.05) is 6.42 Å². The van der Waals surface area contributed by atoms with Gasteiger partial charge in [0.15, 0.2) is 0 Å². The Bertz CT molecular complexity index is 423. The molecule has 0 aromatic heterocycles. The quantitative estimate of drug-likeness (QED) is 0.584. The molecule has 18 heavy (non-hydrogen) atoms. The molecule has 0 aromatic rings. The summed E-state index contributed by atoms with van der Waals surface area (Å²) in [6, 6.07) is 0. The Morgan fingerprint density at radius 2 is 2.00 bits per heavy atom. The van der Waals surface area contributed by atoms with Crippen LogP contribution in [-0.4, -0.2) is 13.9 Å². The van der Waals surface area contributed by atoms with Gasteiger partial charge in [-0.3, -0.25) is 0 Å². The molecule has 1 atom stereocenters. The number of rotatable bonds is 4. The fraction of sp³-hybridized carbons (Fsp3) is 0.818. The van der Waals surface area contributed by atoms with Gasteiger partial charge in [0.25, 0.3) is 0 Å². The Kier molecular flexibility index (Phi) is 4.69. The van der Waals surface area contributed by atoms with Crippen molar-refractivity contribution in [2.24, 2.45) is 5.92 Å². The normalized spacial score (nSPS) is 22.2. The summed E-state index contributed by atoms with van der Waals surface area (Å²) in [5.41, 5.74) is -4.76. The van der Waals surface area contributed by atoms with E-state index in [-0.39, 0.29) is 12.2 Å². The molecule has 1 aliphatic carbocycles. The van der Waals surface area contributed by atoms with Gasteiger partial charge in [0.2, 0.25) is 0 Å². The lowest BCUT2D eigenvalue weighted by molar-refractivity contribution is -0.0525. The van der Waals surface area contributed by atoms with E-state index in [1.165, 1.54) is 0 Å². The van der Waals surface area contributed by atoms with E-state index >= 15 is 0 Å². The molecule has 0 fully saturated rings. The van der Waals surface area contributed by atoms with Gasteiger partial charge in [-0.2, -0.15) is 21.6 Å². The zero-order valence-corrected chi connectivity index (χ0v) is 11.2. The van der Waals surface area contributed by atoms with Crippen molar-refractivity contribution in [2.45, 2.75) is 51.5 Å². The molecule has 0 amide bonds. The maximum Gasteiger partial charge on any atom is 0.534 e. The summed E-state index contributed by atoms with van der Waals surface area (Å²) in [7, 11) is -5.52. The van der Waals surface area contributed by atoms with Crippen molar-refractivity contribution in [3.05, 3.63) is 11.3 Å². The first kappa shape index (κ1) is 15.3. The SMILES string of the molecule is CCCC1CCC(OS(=O)(=O)C(F)(F)F)=C(C)C1. The molecule has 0 saturated carbocycles. The topological polar surface area (TPSA) is 43.4 Å². The third kappa shape index (κ3) is 3.63. The van der Waals surface area contributed by atoms with Crippen molar-refractivity contribution >= 4 is 10.1 Å². The second-order valence-electron chi connectivity index (χ2n) is 4.58. The minimum atomic E-state index is -5.52. The molecule has 0 radical (unpaired) electrons. The number of hydrogen-bond donors (Lipinski definition) is 0. The van der Waals surface area contributed by atoms with Gasteiger partial charge in [-0.15, -0.1) is 0 Å². The highest BCUT2D eigenvalue weighted by Crippen LogP contribution is 2.35. The third-order valence-corrected chi connectivity index (χ3v) is 4.03. The van der Waals surface area contributed by atoms with Crippen LogP contribution in [0.3, 0.4) is 0 Å². The maximum atomic E-state index is 12.2. The molecule has 1 unspecified atom stereocenters. The van der Waals surface area contributed by atoms with E-state index in [1.54, 1.807) is 6.92 Å². The number of allylic oxidation sites excluding steroid dienone is 2. The third-order valence-electron chi connectivity index (χ3n) is 3.04. The largest absolute Gasteiger partial charge is 0.534 e. The molecule has 0 aromatic carbocycles. The Labute approximate surface area is 105 Å². The van der Waals surface area contributed by atoms with E-state index in [9.17, 15) is 21.6 Å². The molecule has 0 saturated heterocycles. The molecule has 3 nitrogen and oxygen atoms in total. The molecule has 0 spiro atoms. The van der Waals surface area contributed by atoms with Crippen LogP contribution in [0.25, 0.3) is 0 Å². The van der Waals surface area contributed by atoms with E-state index in [0.29, 0.717) is 24.3 Å². The number of hydrogen-bond acceptors (Lipinski definition) is 3. The minimum absolute atomic E-state index is 0.0420. The Balaban J connectivity index is 2.78. The van der Waals surface area contributed by atoms with Crippen molar-refractivity contribution in [3.63, 3.8) is 0 Å². The van der Waals surface area contributed by atoms with Gasteiger partial charge >= 0.3 is 15.6 Å². The monoisotopic (exact) mass is 286 g/mol. The summed E-state index contributed by atoms with van der Waals surface area (Å²) in [5, 5.41) is 0. The lowest BCUT2D eigenvalue weighted by atomic mass is 9.85. The van der Waals surface area contributed by atoms with Gasteiger partial charge in [-0.05, 0) is 31.3 Å². The van der Waals surface area contributed by atoms with Crippen LogP contribution in [0.2, 0.25) is 0 Å². The standard InChI is InChI=1S/C11H17F3O3S/c1-3-4-9-5-6-10(8(2)7-9)17-18(15,16)11(12,13)14/h9H,3-7H2,1-2H3. The minimum Gasteiger partial charge on any atom is -0.381 e. The Morgan fingerprint density at radius 1 is 1.39 bits per heavy atom. The second-order valence-corrected chi connectivity index (χ2v) is 6.12. The van der Waals surface area contributed by atoms with E-state index in [2.05, 4.69) is 4.18 Å². The summed E-state index contributed by atoms with van der Waals surface area (Å²) in [5.74, 6) is 0.371. The van der Waals surface area contributed by atoms with E-state index in [1.807, 2.05) is 6.92 Å². The van der Waals surface area contributed by atoms with Gasteiger partial charge in [0.1, 0.15) is 5.76 Å². The molecule has 1 aliphatic rings. The fourth-order valence-electron chi connectivity index (χ4n) is 2.14. The number of halogens is 3. The van der Waals surface area contributed by atoms with Crippen LogP contribution in [0.1, 0.15) is 46.0 Å².